The number of rotatable bonds is 5. The third-order valence-corrected chi connectivity index (χ3v) is 4.37. The van der Waals surface area contributed by atoms with Crippen molar-refractivity contribution in [3.63, 3.8) is 0 Å². The summed E-state index contributed by atoms with van der Waals surface area (Å²) in [4.78, 5) is 23.0. The first kappa shape index (κ1) is 16.7. The lowest BCUT2D eigenvalue weighted by molar-refractivity contribution is -0.139. The quantitative estimate of drug-likeness (QED) is 0.812. The molecule has 1 saturated carbocycles. The van der Waals surface area contributed by atoms with E-state index in [9.17, 15) is 22.8 Å². The van der Waals surface area contributed by atoms with Crippen LogP contribution in [0.15, 0.2) is 23.1 Å². The minimum absolute atomic E-state index is 0.262. The first-order chi connectivity index (χ1) is 10.2. The second-order valence-electron chi connectivity index (χ2n) is 5.18. The summed E-state index contributed by atoms with van der Waals surface area (Å²) in [6.45, 7) is 1.75. The van der Waals surface area contributed by atoms with Gasteiger partial charge in [0.15, 0.2) is 0 Å². The fourth-order valence-corrected chi connectivity index (χ4v) is 2.76. The van der Waals surface area contributed by atoms with Crippen molar-refractivity contribution in [1.29, 1.82) is 0 Å². The lowest BCUT2D eigenvalue weighted by Crippen LogP contribution is -2.17. The van der Waals surface area contributed by atoms with Crippen LogP contribution in [0.2, 0.25) is 0 Å². The van der Waals surface area contributed by atoms with Crippen LogP contribution in [-0.2, 0) is 9.59 Å². The Bertz CT molecular complexity index is 603. The number of carbonyl (C=O) groups excluding carboxylic acids is 1. The Kier molecular flexibility index (Phi) is 4.69. The van der Waals surface area contributed by atoms with Gasteiger partial charge in [-0.25, -0.2) is 0 Å². The number of anilines is 1. The maximum atomic E-state index is 12.3. The van der Waals surface area contributed by atoms with Crippen LogP contribution < -0.4 is 5.32 Å². The zero-order valence-electron chi connectivity index (χ0n) is 11.6. The Morgan fingerprint density at radius 1 is 1.36 bits per heavy atom. The molecule has 2 N–H and O–H groups in total. The smallest absolute Gasteiger partial charge is 0.398 e. The van der Waals surface area contributed by atoms with Crippen LogP contribution in [0, 0.1) is 18.8 Å². The topological polar surface area (TPSA) is 66.4 Å². The molecule has 1 fully saturated rings. The van der Waals surface area contributed by atoms with E-state index in [2.05, 4.69) is 5.32 Å². The average molecular weight is 333 g/mol. The van der Waals surface area contributed by atoms with Gasteiger partial charge >= 0.3 is 12.1 Å². The van der Waals surface area contributed by atoms with E-state index < -0.39 is 35.6 Å². The van der Waals surface area contributed by atoms with Crippen LogP contribution in [0.3, 0.4) is 0 Å². The van der Waals surface area contributed by atoms with Gasteiger partial charge in [0.05, 0.1) is 23.3 Å². The fraction of sp³-hybridized carbons (Fsp3) is 0.429. The molecule has 0 bridgehead atoms. The molecule has 1 aliphatic carbocycles. The van der Waals surface area contributed by atoms with Crippen LogP contribution in [0.25, 0.3) is 0 Å². The highest BCUT2D eigenvalue weighted by Gasteiger charge is 2.48. The molecule has 1 aromatic rings. The summed E-state index contributed by atoms with van der Waals surface area (Å²) in [5.74, 6) is -3.86. The van der Waals surface area contributed by atoms with E-state index in [0.717, 1.165) is 5.56 Å². The van der Waals surface area contributed by atoms with Gasteiger partial charge < -0.3 is 10.4 Å². The molecule has 4 nitrogen and oxygen atoms in total. The number of benzene rings is 1. The predicted molar refractivity (Wildman–Crippen MR) is 75.8 cm³/mol. The highest BCUT2D eigenvalue weighted by Crippen LogP contribution is 2.40. The number of carbonyl (C=O) groups is 2. The number of nitrogens with one attached hydrogen (secondary N) is 1. The molecule has 0 aliphatic heterocycles. The van der Waals surface area contributed by atoms with Gasteiger partial charge in [-0.1, -0.05) is 6.07 Å². The largest absolute Gasteiger partial charge is 0.481 e. The summed E-state index contributed by atoms with van der Waals surface area (Å²) in [6, 6.07) is 4.75. The predicted octanol–water partition coefficient (Wildman–Crippen LogP) is 3.31. The van der Waals surface area contributed by atoms with Crippen molar-refractivity contribution in [3.05, 3.63) is 23.8 Å². The molecule has 0 radical (unpaired) electrons. The van der Waals surface area contributed by atoms with E-state index in [1.54, 1.807) is 19.1 Å². The summed E-state index contributed by atoms with van der Waals surface area (Å²) >= 11 is 0.588. The standard InChI is InChI=1S/C14H14F3NO3S/c1-7-2-3-11(22-6-14(15,16)17)10(4-7)18-12(19)8-5-9(8)13(20)21/h2-4,8-9H,5-6H2,1H3,(H,18,19)(H,20,21). The van der Waals surface area contributed by atoms with Crippen LogP contribution in [0.1, 0.15) is 12.0 Å². The average Bonchev–Trinajstić information content (AvgIpc) is 3.17. The maximum absolute atomic E-state index is 12.3. The van der Waals surface area contributed by atoms with E-state index >= 15 is 0 Å². The molecule has 2 unspecified atom stereocenters. The van der Waals surface area contributed by atoms with E-state index in [0.29, 0.717) is 16.7 Å². The Morgan fingerprint density at radius 3 is 2.59 bits per heavy atom. The number of alkyl halides is 3. The van der Waals surface area contributed by atoms with Crippen molar-refractivity contribution in [2.24, 2.45) is 11.8 Å². The van der Waals surface area contributed by atoms with Crippen molar-refractivity contribution in [3.8, 4) is 0 Å². The van der Waals surface area contributed by atoms with Crippen LogP contribution in [-0.4, -0.2) is 28.9 Å². The molecule has 1 aromatic carbocycles. The van der Waals surface area contributed by atoms with Crippen molar-refractivity contribution < 1.29 is 27.9 Å². The van der Waals surface area contributed by atoms with Crippen LogP contribution in [0.4, 0.5) is 18.9 Å². The second kappa shape index (κ2) is 6.20. The minimum Gasteiger partial charge on any atom is -0.481 e. The van der Waals surface area contributed by atoms with Gasteiger partial charge in [0, 0.05) is 4.90 Å². The van der Waals surface area contributed by atoms with Crippen molar-refractivity contribution in [1.82, 2.24) is 0 Å². The molecule has 22 heavy (non-hydrogen) atoms. The zero-order valence-corrected chi connectivity index (χ0v) is 12.4. The molecule has 1 amide bonds. The van der Waals surface area contributed by atoms with Gasteiger partial charge in [0.25, 0.3) is 0 Å². The number of carboxylic acid groups (broad SMARTS) is 1. The Balaban J connectivity index is 2.07. The Morgan fingerprint density at radius 2 is 2.05 bits per heavy atom. The molecule has 2 atom stereocenters. The molecular weight excluding hydrogens is 319 g/mol. The van der Waals surface area contributed by atoms with Crippen LogP contribution in [0.5, 0.6) is 0 Å². The summed E-state index contributed by atoms with van der Waals surface area (Å²) < 4.78 is 37.0. The number of hydrogen-bond acceptors (Lipinski definition) is 3. The summed E-state index contributed by atoms with van der Waals surface area (Å²) in [5, 5.41) is 11.3. The first-order valence-electron chi connectivity index (χ1n) is 6.51. The van der Waals surface area contributed by atoms with Crippen LogP contribution >= 0.6 is 11.8 Å². The van der Waals surface area contributed by atoms with E-state index in [1.807, 2.05) is 0 Å². The minimum atomic E-state index is -4.30. The Hall–Kier alpha value is -1.70. The number of amides is 1. The summed E-state index contributed by atoms with van der Waals surface area (Å²) in [7, 11) is 0. The monoisotopic (exact) mass is 333 g/mol. The van der Waals surface area contributed by atoms with Crippen molar-refractivity contribution in [2.75, 3.05) is 11.1 Å². The zero-order chi connectivity index (χ0) is 16.5. The normalized spacial score (nSPS) is 20.5. The Labute approximate surface area is 129 Å². The fourth-order valence-electron chi connectivity index (χ4n) is 2.01. The molecule has 1 aliphatic rings. The highest BCUT2D eigenvalue weighted by atomic mass is 32.2. The van der Waals surface area contributed by atoms with E-state index in [4.69, 9.17) is 5.11 Å². The number of thioether (sulfide) groups is 1. The molecule has 0 saturated heterocycles. The lowest BCUT2D eigenvalue weighted by atomic mass is 10.2. The third kappa shape index (κ3) is 4.40. The van der Waals surface area contributed by atoms with Gasteiger partial charge in [-0.05, 0) is 31.0 Å². The van der Waals surface area contributed by atoms with Gasteiger partial charge in [0.2, 0.25) is 5.91 Å². The molecular formula is C14H14F3NO3S. The lowest BCUT2D eigenvalue weighted by Gasteiger charge is -2.13. The van der Waals surface area contributed by atoms with Gasteiger partial charge in [0.1, 0.15) is 0 Å². The third-order valence-electron chi connectivity index (χ3n) is 3.23. The number of hydrogen-bond donors (Lipinski definition) is 2. The first-order valence-corrected chi connectivity index (χ1v) is 7.50. The molecule has 0 spiro atoms. The second-order valence-corrected chi connectivity index (χ2v) is 6.20. The maximum Gasteiger partial charge on any atom is 0.398 e. The molecule has 8 heteroatoms. The number of aliphatic carboxylic acids is 1. The van der Waals surface area contributed by atoms with E-state index in [1.165, 1.54) is 6.07 Å². The van der Waals surface area contributed by atoms with E-state index in [-0.39, 0.29) is 12.1 Å². The van der Waals surface area contributed by atoms with Gasteiger partial charge in [-0.2, -0.15) is 13.2 Å². The molecule has 0 aromatic heterocycles. The van der Waals surface area contributed by atoms with Crippen molar-refractivity contribution >= 4 is 29.3 Å². The molecule has 2 rings (SSSR count). The number of aryl methyl sites for hydroxylation is 1. The molecule has 120 valence electrons. The van der Waals surface area contributed by atoms with Gasteiger partial charge in [-0.3, -0.25) is 9.59 Å². The summed E-state index contributed by atoms with van der Waals surface area (Å²) in [5.41, 5.74) is 1.08. The number of halogens is 3. The SMILES string of the molecule is Cc1ccc(SCC(F)(F)F)c(NC(=O)C2CC2C(=O)O)c1. The number of carboxylic acids is 1. The van der Waals surface area contributed by atoms with Gasteiger partial charge in [-0.15, -0.1) is 11.8 Å². The molecule has 0 heterocycles. The van der Waals surface area contributed by atoms with Crippen molar-refractivity contribution in [2.45, 2.75) is 24.4 Å². The summed E-state index contributed by atoms with van der Waals surface area (Å²) in [6.07, 6.45) is -4.04. The highest BCUT2D eigenvalue weighted by molar-refractivity contribution is 7.99.